The standard InChI is InChI=1S/C19H35IO2/c1-3-4-5-6-7-8-9-10-11-12-13-15-19(16-14-17-20)22-18(2)21/h3,19H,1,4-17H2,2H3/t19-/m1/s1. The highest BCUT2D eigenvalue weighted by atomic mass is 127. The van der Waals surface area contributed by atoms with Crippen molar-refractivity contribution in [2.45, 2.75) is 96.5 Å². The van der Waals surface area contributed by atoms with Gasteiger partial charge in [0.1, 0.15) is 6.10 Å². The summed E-state index contributed by atoms with van der Waals surface area (Å²) in [5.74, 6) is -0.130. The van der Waals surface area contributed by atoms with Gasteiger partial charge in [-0.15, -0.1) is 6.58 Å². The molecule has 0 aliphatic carbocycles. The average molecular weight is 422 g/mol. The van der Waals surface area contributed by atoms with Gasteiger partial charge < -0.3 is 4.74 Å². The highest BCUT2D eigenvalue weighted by Gasteiger charge is 2.10. The Bertz CT molecular complexity index is 266. The number of ether oxygens (including phenoxy) is 1. The molecule has 0 spiro atoms. The molecule has 0 rings (SSSR count). The lowest BCUT2D eigenvalue weighted by Crippen LogP contribution is -2.16. The van der Waals surface area contributed by atoms with Crippen molar-refractivity contribution in [1.29, 1.82) is 0 Å². The third-order valence-corrected chi connectivity index (χ3v) is 4.69. The van der Waals surface area contributed by atoms with E-state index in [-0.39, 0.29) is 12.1 Å². The molecule has 22 heavy (non-hydrogen) atoms. The smallest absolute Gasteiger partial charge is 0.302 e. The number of alkyl halides is 1. The zero-order valence-corrected chi connectivity index (χ0v) is 16.6. The van der Waals surface area contributed by atoms with Crippen LogP contribution in [0.25, 0.3) is 0 Å². The molecule has 0 radical (unpaired) electrons. The fourth-order valence-corrected chi connectivity index (χ4v) is 3.14. The zero-order valence-electron chi connectivity index (χ0n) is 14.5. The Kier molecular flexibility index (Phi) is 17.2. The van der Waals surface area contributed by atoms with E-state index in [4.69, 9.17) is 4.74 Å². The second-order valence-corrected chi connectivity index (χ2v) is 7.19. The Balaban J connectivity index is 3.40. The van der Waals surface area contributed by atoms with Crippen molar-refractivity contribution in [1.82, 2.24) is 0 Å². The van der Waals surface area contributed by atoms with Crippen molar-refractivity contribution in [2.75, 3.05) is 4.43 Å². The minimum atomic E-state index is -0.130. The van der Waals surface area contributed by atoms with E-state index in [0.717, 1.165) is 23.7 Å². The number of halogens is 1. The SMILES string of the molecule is C=CCCCCCCCCCCC[C@H](CCCI)OC(C)=O. The van der Waals surface area contributed by atoms with Crippen molar-refractivity contribution in [3.05, 3.63) is 12.7 Å². The Morgan fingerprint density at radius 3 is 1.95 bits per heavy atom. The molecule has 0 aromatic heterocycles. The van der Waals surface area contributed by atoms with Gasteiger partial charge >= 0.3 is 5.97 Å². The van der Waals surface area contributed by atoms with Crippen LogP contribution in [0.1, 0.15) is 90.4 Å². The zero-order chi connectivity index (χ0) is 16.5. The van der Waals surface area contributed by atoms with Crippen LogP contribution in [-0.4, -0.2) is 16.5 Å². The molecule has 2 nitrogen and oxygen atoms in total. The van der Waals surface area contributed by atoms with Gasteiger partial charge in [-0.3, -0.25) is 4.79 Å². The van der Waals surface area contributed by atoms with Gasteiger partial charge in [0, 0.05) is 6.92 Å². The lowest BCUT2D eigenvalue weighted by molar-refractivity contribution is -0.147. The van der Waals surface area contributed by atoms with Crippen LogP contribution < -0.4 is 0 Å². The fourth-order valence-electron chi connectivity index (χ4n) is 2.70. The summed E-state index contributed by atoms with van der Waals surface area (Å²) >= 11 is 2.38. The molecule has 0 saturated heterocycles. The van der Waals surface area contributed by atoms with E-state index in [2.05, 4.69) is 29.2 Å². The van der Waals surface area contributed by atoms with Crippen LogP contribution in [0.2, 0.25) is 0 Å². The Labute approximate surface area is 151 Å². The van der Waals surface area contributed by atoms with Gasteiger partial charge in [0.05, 0.1) is 0 Å². The first-order valence-electron chi connectivity index (χ1n) is 9.04. The molecule has 0 unspecified atom stereocenters. The molecule has 0 heterocycles. The Morgan fingerprint density at radius 2 is 1.45 bits per heavy atom. The summed E-state index contributed by atoms with van der Waals surface area (Å²) in [5.41, 5.74) is 0. The highest BCUT2D eigenvalue weighted by Crippen LogP contribution is 2.16. The average Bonchev–Trinajstić information content (AvgIpc) is 2.49. The first-order valence-corrected chi connectivity index (χ1v) is 10.6. The van der Waals surface area contributed by atoms with Crippen molar-refractivity contribution >= 4 is 28.6 Å². The topological polar surface area (TPSA) is 26.3 Å². The molecule has 1 atom stereocenters. The van der Waals surface area contributed by atoms with Crippen LogP contribution in [0.15, 0.2) is 12.7 Å². The Morgan fingerprint density at radius 1 is 0.955 bits per heavy atom. The molecule has 130 valence electrons. The second kappa shape index (κ2) is 17.3. The van der Waals surface area contributed by atoms with E-state index in [1.807, 2.05) is 6.08 Å². The molecule has 0 aliphatic rings. The van der Waals surface area contributed by atoms with Crippen LogP contribution in [0.5, 0.6) is 0 Å². The van der Waals surface area contributed by atoms with Crippen LogP contribution in [0.4, 0.5) is 0 Å². The van der Waals surface area contributed by atoms with E-state index < -0.39 is 0 Å². The highest BCUT2D eigenvalue weighted by molar-refractivity contribution is 14.1. The van der Waals surface area contributed by atoms with E-state index in [0.29, 0.717) is 0 Å². The molecule has 0 amide bonds. The van der Waals surface area contributed by atoms with Crippen LogP contribution in [-0.2, 0) is 9.53 Å². The minimum Gasteiger partial charge on any atom is -0.463 e. The van der Waals surface area contributed by atoms with Crippen molar-refractivity contribution in [3.8, 4) is 0 Å². The molecular formula is C19H35IO2. The van der Waals surface area contributed by atoms with Crippen LogP contribution in [0.3, 0.4) is 0 Å². The van der Waals surface area contributed by atoms with Gasteiger partial charge in [0.15, 0.2) is 0 Å². The summed E-state index contributed by atoms with van der Waals surface area (Å²) < 4.78 is 6.54. The fraction of sp³-hybridized carbons (Fsp3) is 0.842. The number of carbonyl (C=O) groups excluding carboxylic acids is 1. The number of hydrogen-bond donors (Lipinski definition) is 0. The van der Waals surface area contributed by atoms with Crippen LogP contribution >= 0.6 is 22.6 Å². The second-order valence-electron chi connectivity index (χ2n) is 6.11. The molecule has 0 bridgehead atoms. The monoisotopic (exact) mass is 422 g/mol. The number of esters is 1. The molecule has 0 N–H and O–H groups in total. The van der Waals surface area contributed by atoms with Crippen molar-refractivity contribution in [3.63, 3.8) is 0 Å². The minimum absolute atomic E-state index is 0.130. The summed E-state index contributed by atoms with van der Waals surface area (Å²) in [4.78, 5) is 11.1. The maximum Gasteiger partial charge on any atom is 0.302 e. The van der Waals surface area contributed by atoms with Crippen molar-refractivity contribution in [2.24, 2.45) is 0 Å². The number of carbonyl (C=O) groups is 1. The number of hydrogen-bond acceptors (Lipinski definition) is 2. The van der Waals surface area contributed by atoms with E-state index >= 15 is 0 Å². The molecule has 0 aromatic rings. The first-order chi connectivity index (χ1) is 10.7. The summed E-state index contributed by atoms with van der Waals surface area (Å²) in [6.45, 7) is 5.27. The third-order valence-electron chi connectivity index (χ3n) is 3.93. The summed E-state index contributed by atoms with van der Waals surface area (Å²) in [6.07, 6.45) is 18.5. The summed E-state index contributed by atoms with van der Waals surface area (Å²) in [7, 11) is 0. The van der Waals surface area contributed by atoms with Gasteiger partial charge in [-0.1, -0.05) is 73.6 Å². The summed E-state index contributed by atoms with van der Waals surface area (Å²) in [6, 6.07) is 0. The lowest BCUT2D eigenvalue weighted by Gasteiger charge is -2.16. The number of rotatable bonds is 16. The summed E-state index contributed by atoms with van der Waals surface area (Å²) in [5, 5.41) is 0. The normalized spacial score (nSPS) is 12.1. The molecule has 3 heteroatoms. The predicted octanol–water partition coefficient (Wildman–Crippen LogP) is 6.61. The predicted molar refractivity (Wildman–Crippen MR) is 105 cm³/mol. The third kappa shape index (κ3) is 16.3. The molecular weight excluding hydrogens is 387 g/mol. The van der Waals surface area contributed by atoms with E-state index in [1.54, 1.807) is 0 Å². The number of allylic oxidation sites excluding steroid dienone is 1. The van der Waals surface area contributed by atoms with Crippen molar-refractivity contribution < 1.29 is 9.53 Å². The number of unbranched alkanes of at least 4 members (excludes halogenated alkanes) is 9. The van der Waals surface area contributed by atoms with Gasteiger partial charge in [0.25, 0.3) is 0 Å². The van der Waals surface area contributed by atoms with Gasteiger partial charge in [0.2, 0.25) is 0 Å². The largest absolute Gasteiger partial charge is 0.463 e. The molecule has 0 aromatic carbocycles. The first kappa shape index (κ1) is 21.9. The van der Waals surface area contributed by atoms with Gasteiger partial charge in [-0.2, -0.15) is 0 Å². The maximum atomic E-state index is 11.1. The van der Waals surface area contributed by atoms with Crippen LogP contribution in [0, 0.1) is 0 Å². The Hall–Kier alpha value is -0.0600. The quantitative estimate of drug-likeness (QED) is 0.0920. The van der Waals surface area contributed by atoms with Gasteiger partial charge in [-0.25, -0.2) is 0 Å². The maximum absolute atomic E-state index is 11.1. The molecule has 0 saturated carbocycles. The molecule has 0 fully saturated rings. The van der Waals surface area contributed by atoms with Gasteiger partial charge in [-0.05, 0) is 43.0 Å². The van der Waals surface area contributed by atoms with E-state index in [9.17, 15) is 4.79 Å². The van der Waals surface area contributed by atoms with E-state index in [1.165, 1.54) is 71.1 Å². The molecule has 0 aliphatic heterocycles. The lowest BCUT2D eigenvalue weighted by atomic mass is 10.0.